The number of hydrogen-bond donors (Lipinski definition) is 1. The maximum Gasteiger partial charge on any atom is 0.257 e. The van der Waals surface area contributed by atoms with Crippen LogP contribution in [0.1, 0.15) is 29.6 Å². The standard InChI is InChI=1S/C22H27N5O2/c28-17-25-12-14-27(15-13-25)21-9-4-18(16-23-21)22(29)24-19-5-7-20(8-6-19)26-10-2-1-3-11-26/h4-9,16-17H,1-3,10-15H2,(H,24,29). The van der Waals surface area contributed by atoms with E-state index in [0.717, 1.165) is 44.1 Å². The number of rotatable bonds is 5. The highest BCUT2D eigenvalue weighted by Crippen LogP contribution is 2.22. The van der Waals surface area contributed by atoms with Crippen molar-refractivity contribution in [2.45, 2.75) is 19.3 Å². The van der Waals surface area contributed by atoms with Gasteiger partial charge in [0.05, 0.1) is 5.56 Å². The summed E-state index contributed by atoms with van der Waals surface area (Å²) in [5.41, 5.74) is 2.52. The molecule has 0 atom stereocenters. The van der Waals surface area contributed by atoms with Crippen LogP contribution in [-0.2, 0) is 4.79 Å². The highest BCUT2D eigenvalue weighted by atomic mass is 16.1. The number of aromatic nitrogens is 1. The fourth-order valence-electron chi connectivity index (χ4n) is 3.87. The summed E-state index contributed by atoms with van der Waals surface area (Å²) in [7, 11) is 0. The summed E-state index contributed by atoms with van der Waals surface area (Å²) in [5.74, 6) is 0.665. The maximum atomic E-state index is 12.5. The zero-order valence-corrected chi connectivity index (χ0v) is 16.6. The van der Waals surface area contributed by atoms with Gasteiger partial charge in [-0.05, 0) is 55.7 Å². The monoisotopic (exact) mass is 393 g/mol. The number of piperazine rings is 1. The third-order valence-corrected chi connectivity index (χ3v) is 5.64. The summed E-state index contributed by atoms with van der Waals surface area (Å²) in [5, 5.41) is 2.94. The van der Waals surface area contributed by atoms with Crippen molar-refractivity contribution in [2.75, 3.05) is 54.4 Å². The highest BCUT2D eigenvalue weighted by molar-refractivity contribution is 6.04. The van der Waals surface area contributed by atoms with E-state index in [-0.39, 0.29) is 5.91 Å². The molecule has 4 rings (SSSR count). The van der Waals surface area contributed by atoms with Crippen molar-refractivity contribution in [3.05, 3.63) is 48.2 Å². The number of piperidine rings is 1. The molecular formula is C22H27N5O2. The average molecular weight is 393 g/mol. The van der Waals surface area contributed by atoms with E-state index in [1.54, 1.807) is 17.2 Å². The van der Waals surface area contributed by atoms with Gasteiger partial charge in [0.15, 0.2) is 0 Å². The van der Waals surface area contributed by atoms with E-state index in [9.17, 15) is 9.59 Å². The quantitative estimate of drug-likeness (QED) is 0.791. The number of nitrogens with one attached hydrogen (secondary N) is 1. The summed E-state index contributed by atoms with van der Waals surface area (Å²) >= 11 is 0. The predicted molar refractivity (Wildman–Crippen MR) is 115 cm³/mol. The molecular weight excluding hydrogens is 366 g/mol. The van der Waals surface area contributed by atoms with E-state index in [4.69, 9.17) is 0 Å². The first kappa shape index (κ1) is 19.2. The van der Waals surface area contributed by atoms with E-state index in [0.29, 0.717) is 18.7 Å². The smallest absolute Gasteiger partial charge is 0.257 e. The Balaban J connectivity index is 1.34. The molecule has 7 nitrogen and oxygen atoms in total. The lowest BCUT2D eigenvalue weighted by Gasteiger charge is -2.33. The molecule has 0 spiro atoms. The summed E-state index contributed by atoms with van der Waals surface area (Å²) < 4.78 is 0. The molecule has 2 saturated heterocycles. The van der Waals surface area contributed by atoms with E-state index in [2.05, 4.69) is 32.2 Å². The first-order valence-corrected chi connectivity index (χ1v) is 10.3. The molecule has 0 unspecified atom stereocenters. The summed E-state index contributed by atoms with van der Waals surface area (Å²) in [6, 6.07) is 11.7. The van der Waals surface area contributed by atoms with Crippen LogP contribution in [0.4, 0.5) is 17.2 Å². The van der Waals surface area contributed by atoms with E-state index < -0.39 is 0 Å². The SMILES string of the molecule is O=CN1CCN(c2ccc(C(=O)Nc3ccc(N4CCCCC4)cc3)cn2)CC1. The van der Waals surface area contributed by atoms with Crippen LogP contribution in [0, 0.1) is 0 Å². The second-order valence-corrected chi connectivity index (χ2v) is 7.58. The molecule has 3 heterocycles. The van der Waals surface area contributed by atoms with E-state index in [1.165, 1.54) is 24.9 Å². The molecule has 2 amide bonds. The molecule has 29 heavy (non-hydrogen) atoms. The molecule has 2 aliphatic heterocycles. The Morgan fingerprint density at radius 3 is 2.21 bits per heavy atom. The van der Waals surface area contributed by atoms with Crippen molar-refractivity contribution in [3.8, 4) is 0 Å². The molecule has 7 heteroatoms. The van der Waals surface area contributed by atoms with Gasteiger partial charge in [-0.25, -0.2) is 4.98 Å². The van der Waals surface area contributed by atoms with Crippen LogP contribution in [0.2, 0.25) is 0 Å². The number of benzene rings is 1. The Morgan fingerprint density at radius 1 is 0.862 bits per heavy atom. The number of carbonyl (C=O) groups is 2. The van der Waals surface area contributed by atoms with Crippen molar-refractivity contribution in [2.24, 2.45) is 0 Å². The van der Waals surface area contributed by atoms with Gasteiger partial charge in [0.1, 0.15) is 5.82 Å². The predicted octanol–water partition coefficient (Wildman–Crippen LogP) is 2.60. The van der Waals surface area contributed by atoms with Crippen LogP contribution >= 0.6 is 0 Å². The minimum atomic E-state index is -0.166. The number of amides is 2. The lowest BCUT2D eigenvalue weighted by molar-refractivity contribution is -0.118. The van der Waals surface area contributed by atoms with Crippen molar-refractivity contribution < 1.29 is 9.59 Å². The fourth-order valence-corrected chi connectivity index (χ4v) is 3.87. The molecule has 0 radical (unpaired) electrons. The largest absolute Gasteiger partial charge is 0.372 e. The summed E-state index contributed by atoms with van der Waals surface area (Å²) in [6.45, 7) is 5.10. The van der Waals surface area contributed by atoms with Gasteiger partial charge in [-0.1, -0.05) is 0 Å². The third-order valence-electron chi connectivity index (χ3n) is 5.64. The van der Waals surface area contributed by atoms with Crippen molar-refractivity contribution in [3.63, 3.8) is 0 Å². The molecule has 1 aromatic carbocycles. The highest BCUT2D eigenvalue weighted by Gasteiger charge is 2.17. The minimum Gasteiger partial charge on any atom is -0.372 e. The van der Waals surface area contributed by atoms with Gasteiger partial charge in [-0.2, -0.15) is 0 Å². The molecule has 2 fully saturated rings. The molecule has 0 aliphatic carbocycles. The zero-order valence-electron chi connectivity index (χ0n) is 16.6. The Hall–Kier alpha value is -3.09. The summed E-state index contributed by atoms with van der Waals surface area (Å²) in [6.07, 6.45) is 6.30. The lowest BCUT2D eigenvalue weighted by Crippen LogP contribution is -2.46. The molecule has 152 valence electrons. The molecule has 2 aromatic rings. The van der Waals surface area contributed by atoms with Crippen molar-refractivity contribution in [1.29, 1.82) is 0 Å². The van der Waals surface area contributed by atoms with Gasteiger partial charge >= 0.3 is 0 Å². The van der Waals surface area contributed by atoms with Crippen molar-refractivity contribution in [1.82, 2.24) is 9.88 Å². The van der Waals surface area contributed by atoms with Gasteiger partial charge in [0.25, 0.3) is 5.91 Å². The second kappa shape index (κ2) is 8.94. The van der Waals surface area contributed by atoms with Gasteiger partial charge in [0, 0.05) is 56.8 Å². The number of pyridine rings is 1. The van der Waals surface area contributed by atoms with Gasteiger partial charge in [-0.15, -0.1) is 0 Å². The van der Waals surface area contributed by atoms with Crippen LogP contribution in [0.15, 0.2) is 42.6 Å². The lowest BCUT2D eigenvalue weighted by atomic mass is 10.1. The van der Waals surface area contributed by atoms with Crippen LogP contribution in [0.25, 0.3) is 0 Å². The summed E-state index contributed by atoms with van der Waals surface area (Å²) in [4.78, 5) is 34.1. The van der Waals surface area contributed by atoms with Gasteiger partial charge < -0.3 is 20.0 Å². The normalized spacial score (nSPS) is 17.2. The number of carbonyl (C=O) groups excluding carboxylic acids is 2. The zero-order chi connectivity index (χ0) is 20.1. The van der Waals surface area contributed by atoms with Gasteiger partial charge in [-0.3, -0.25) is 9.59 Å². The number of anilines is 3. The Morgan fingerprint density at radius 2 is 1.59 bits per heavy atom. The van der Waals surface area contributed by atoms with Crippen molar-refractivity contribution >= 4 is 29.5 Å². The molecule has 0 saturated carbocycles. The Bertz CT molecular complexity index is 823. The van der Waals surface area contributed by atoms with Crippen LogP contribution in [0.3, 0.4) is 0 Å². The maximum absolute atomic E-state index is 12.5. The molecule has 0 bridgehead atoms. The molecule has 1 aromatic heterocycles. The molecule has 1 N–H and O–H groups in total. The first-order valence-electron chi connectivity index (χ1n) is 10.3. The Labute approximate surface area is 171 Å². The minimum absolute atomic E-state index is 0.166. The average Bonchev–Trinajstić information content (AvgIpc) is 2.80. The van der Waals surface area contributed by atoms with Crippen LogP contribution in [-0.4, -0.2) is 61.5 Å². The number of nitrogens with zero attached hydrogens (tertiary/aromatic N) is 4. The van der Waals surface area contributed by atoms with Crippen LogP contribution in [0.5, 0.6) is 0 Å². The fraction of sp³-hybridized carbons (Fsp3) is 0.409. The van der Waals surface area contributed by atoms with E-state index in [1.807, 2.05) is 18.2 Å². The molecule has 2 aliphatic rings. The van der Waals surface area contributed by atoms with Crippen LogP contribution < -0.4 is 15.1 Å². The Kier molecular flexibility index (Phi) is 5.93. The third kappa shape index (κ3) is 4.67. The topological polar surface area (TPSA) is 68.8 Å². The first-order chi connectivity index (χ1) is 14.2. The van der Waals surface area contributed by atoms with Gasteiger partial charge in [0.2, 0.25) is 6.41 Å². The second-order valence-electron chi connectivity index (χ2n) is 7.58. The van der Waals surface area contributed by atoms with E-state index >= 15 is 0 Å². The number of hydrogen-bond acceptors (Lipinski definition) is 5.